The fraction of sp³-hybridized carbons (Fsp3) is 0.375. The van der Waals surface area contributed by atoms with Gasteiger partial charge in [-0.25, -0.2) is 4.79 Å². The summed E-state index contributed by atoms with van der Waals surface area (Å²) in [4.78, 5) is 37.1. The van der Waals surface area contributed by atoms with E-state index in [1.165, 1.54) is 4.90 Å². The van der Waals surface area contributed by atoms with E-state index >= 15 is 0 Å². The van der Waals surface area contributed by atoms with Crippen LogP contribution in [0.5, 0.6) is 0 Å². The number of amides is 2. The van der Waals surface area contributed by atoms with Crippen LogP contribution in [0.25, 0.3) is 11.1 Å². The average Bonchev–Trinajstić information content (AvgIpc) is 3.54. The second-order valence-corrected chi connectivity index (χ2v) is 8.11. The molecule has 4 rings (SSSR count). The molecule has 2 aliphatic carbocycles. The Labute approximate surface area is 181 Å². The van der Waals surface area contributed by atoms with Gasteiger partial charge in [-0.05, 0) is 41.0 Å². The van der Waals surface area contributed by atoms with E-state index < -0.39 is 12.1 Å². The van der Waals surface area contributed by atoms with Crippen LogP contribution in [0.2, 0.25) is 0 Å². The van der Waals surface area contributed by atoms with Gasteiger partial charge in [0, 0.05) is 19.0 Å². The first-order chi connectivity index (χ1) is 15.0. The minimum atomic E-state index is -0.946. The molecule has 31 heavy (non-hydrogen) atoms. The molecule has 0 aliphatic heterocycles. The standard InChI is InChI=1S/C24H26N2O5/c27-22(26(12-11-23(28)29)14-16-9-10-16)13-25-24(30)31-15-21-19-7-3-1-5-17(19)18-6-2-4-8-20(18)21/h1-8,16,21H,9-15H2,(H,25,30)(H,28,29). The van der Waals surface area contributed by atoms with E-state index in [0.717, 1.165) is 35.1 Å². The molecule has 1 saturated carbocycles. The van der Waals surface area contributed by atoms with E-state index in [9.17, 15) is 14.4 Å². The molecule has 2 aliphatic rings. The molecule has 2 N–H and O–H groups in total. The van der Waals surface area contributed by atoms with Gasteiger partial charge >= 0.3 is 12.1 Å². The monoisotopic (exact) mass is 422 g/mol. The lowest BCUT2D eigenvalue weighted by Gasteiger charge is -2.22. The van der Waals surface area contributed by atoms with Gasteiger partial charge in [-0.15, -0.1) is 0 Å². The highest BCUT2D eigenvalue weighted by Crippen LogP contribution is 2.44. The van der Waals surface area contributed by atoms with Crippen molar-refractivity contribution in [2.75, 3.05) is 26.2 Å². The summed E-state index contributed by atoms with van der Waals surface area (Å²) in [5.74, 6) is -0.845. The first-order valence-electron chi connectivity index (χ1n) is 10.6. The molecule has 0 saturated heterocycles. The summed E-state index contributed by atoms with van der Waals surface area (Å²) >= 11 is 0. The van der Waals surface area contributed by atoms with Gasteiger partial charge in [0.15, 0.2) is 0 Å². The average molecular weight is 422 g/mol. The van der Waals surface area contributed by atoms with E-state index in [1.54, 1.807) is 0 Å². The molecular formula is C24H26N2O5. The number of rotatable bonds is 9. The number of nitrogens with zero attached hydrogens (tertiary/aromatic N) is 1. The molecule has 2 aromatic carbocycles. The van der Waals surface area contributed by atoms with Crippen LogP contribution < -0.4 is 5.32 Å². The smallest absolute Gasteiger partial charge is 0.407 e. The third kappa shape index (κ3) is 5.05. The third-order valence-corrected chi connectivity index (χ3v) is 5.85. The highest BCUT2D eigenvalue weighted by Gasteiger charge is 2.30. The zero-order valence-electron chi connectivity index (χ0n) is 17.3. The third-order valence-electron chi connectivity index (χ3n) is 5.85. The van der Waals surface area contributed by atoms with Crippen LogP contribution in [-0.2, 0) is 14.3 Å². The maximum absolute atomic E-state index is 12.5. The molecular weight excluding hydrogens is 396 g/mol. The Kier molecular flexibility index (Phi) is 6.21. The van der Waals surface area contributed by atoms with Crippen LogP contribution in [-0.4, -0.2) is 54.2 Å². The molecule has 0 aromatic heterocycles. The number of ether oxygens (including phenoxy) is 1. The number of nitrogens with one attached hydrogen (secondary N) is 1. The van der Waals surface area contributed by atoms with Crippen molar-refractivity contribution in [1.29, 1.82) is 0 Å². The molecule has 0 unspecified atom stereocenters. The zero-order valence-corrected chi connectivity index (χ0v) is 17.3. The lowest BCUT2D eigenvalue weighted by molar-refractivity contribution is -0.138. The summed E-state index contributed by atoms with van der Waals surface area (Å²) in [5, 5.41) is 11.4. The Morgan fingerprint density at radius 1 is 1.00 bits per heavy atom. The minimum Gasteiger partial charge on any atom is -0.481 e. The molecule has 7 heteroatoms. The van der Waals surface area contributed by atoms with E-state index in [0.29, 0.717) is 12.5 Å². The second kappa shape index (κ2) is 9.20. The molecule has 0 spiro atoms. The number of carboxylic acid groups (broad SMARTS) is 1. The van der Waals surface area contributed by atoms with Gasteiger partial charge in [-0.3, -0.25) is 9.59 Å². The maximum atomic E-state index is 12.5. The van der Waals surface area contributed by atoms with Crippen LogP contribution in [0, 0.1) is 5.92 Å². The molecule has 0 radical (unpaired) electrons. The largest absolute Gasteiger partial charge is 0.481 e. The topological polar surface area (TPSA) is 95.9 Å². The normalized spacial score (nSPS) is 14.5. The van der Waals surface area contributed by atoms with Crippen LogP contribution in [0.3, 0.4) is 0 Å². The van der Waals surface area contributed by atoms with Gasteiger partial charge in [0.2, 0.25) is 5.91 Å². The number of fused-ring (bicyclic) bond motifs is 3. The quantitative estimate of drug-likeness (QED) is 0.647. The number of carbonyl (C=O) groups excluding carboxylic acids is 2. The highest BCUT2D eigenvalue weighted by molar-refractivity contribution is 5.83. The van der Waals surface area contributed by atoms with Crippen molar-refractivity contribution in [2.24, 2.45) is 5.92 Å². The molecule has 0 atom stereocenters. The summed E-state index contributed by atoms with van der Waals surface area (Å²) in [5.41, 5.74) is 4.54. The van der Waals surface area contributed by atoms with Gasteiger partial charge in [0.05, 0.1) is 6.42 Å². The molecule has 2 aromatic rings. The summed E-state index contributed by atoms with van der Waals surface area (Å²) in [7, 11) is 0. The van der Waals surface area contributed by atoms with Crippen molar-refractivity contribution in [3.05, 3.63) is 59.7 Å². The van der Waals surface area contributed by atoms with Crippen molar-refractivity contribution in [1.82, 2.24) is 10.2 Å². The second-order valence-electron chi connectivity index (χ2n) is 8.11. The molecule has 7 nitrogen and oxygen atoms in total. The van der Waals surface area contributed by atoms with Crippen LogP contribution in [0.1, 0.15) is 36.3 Å². The van der Waals surface area contributed by atoms with Crippen molar-refractivity contribution in [3.63, 3.8) is 0 Å². The van der Waals surface area contributed by atoms with Gasteiger partial charge in [-0.2, -0.15) is 0 Å². The van der Waals surface area contributed by atoms with E-state index in [2.05, 4.69) is 17.4 Å². The Morgan fingerprint density at radius 3 is 2.19 bits per heavy atom. The number of hydrogen-bond donors (Lipinski definition) is 2. The maximum Gasteiger partial charge on any atom is 0.407 e. The molecule has 2 amide bonds. The first-order valence-corrected chi connectivity index (χ1v) is 10.6. The Hall–Kier alpha value is -3.35. The van der Waals surface area contributed by atoms with Gasteiger partial charge < -0.3 is 20.1 Å². The van der Waals surface area contributed by atoms with E-state index in [4.69, 9.17) is 9.84 Å². The van der Waals surface area contributed by atoms with Crippen molar-refractivity contribution < 1.29 is 24.2 Å². The summed E-state index contributed by atoms with van der Waals surface area (Å²) < 4.78 is 5.45. The Balaban J connectivity index is 1.31. The minimum absolute atomic E-state index is 0.0456. The number of benzene rings is 2. The van der Waals surface area contributed by atoms with E-state index in [1.807, 2.05) is 36.4 Å². The number of carboxylic acids is 1. The fourth-order valence-corrected chi connectivity index (χ4v) is 4.07. The van der Waals surface area contributed by atoms with Crippen molar-refractivity contribution in [2.45, 2.75) is 25.2 Å². The Bertz CT molecular complexity index is 940. The predicted molar refractivity (Wildman–Crippen MR) is 115 cm³/mol. The zero-order chi connectivity index (χ0) is 21.8. The van der Waals surface area contributed by atoms with Gasteiger partial charge in [0.25, 0.3) is 0 Å². The summed E-state index contributed by atoms with van der Waals surface area (Å²) in [6.45, 7) is 0.664. The van der Waals surface area contributed by atoms with Crippen LogP contribution in [0.15, 0.2) is 48.5 Å². The summed E-state index contributed by atoms with van der Waals surface area (Å²) in [6.07, 6.45) is 1.34. The molecule has 1 fully saturated rings. The molecule has 0 heterocycles. The number of carbonyl (C=O) groups is 3. The summed E-state index contributed by atoms with van der Waals surface area (Å²) in [6, 6.07) is 16.2. The molecule has 162 valence electrons. The SMILES string of the molecule is O=C(O)CCN(CC1CC1)C(=O)CNC(=O)OCC1c2ccccc2-c2ccccc21. The number of aliphatic carboxylic acids is 1. The first kappa shape index (κ1) is 20.9. The van der Waals surface area contributed by atoms with Crippen molar-refractivity contribution in [3.8, 4) is 11.1 Å². The van der Waals surface area contributed by atoms with Crippen molar-refractivity contribution >= 4 is 18.0 Å². The molecule has 0 bridgehead atoms. The van der Waals surface area contributed by atoms with Gasteiger partial charge in [0.1, 0.15) is 13.2 Å². The highest BCUT2D eigenvalue weighted by atomic mass is 16.5. The lowest BCUT2D eigenvalue weighted by atomic mass is 9.98. The van der Waals surface area contributed by atoms with Crippen LogP contribution in [0.4, 0.5) is 4.79 Å². The van der Waals surface area contributed by atoms with Gasteiger partial charge in [-0.1, -0.05) is 48.5 Å². The predicted octanol–water partition coefficient (Wildman–Crippen LogP) is 3.24. The fourth-order valence-electron chi connectivity index (χ4n) is 4.07. The van der Waals surface area contributed by atoms with E-state index in [-0.39, 0.29) is 37.9 Å². The van der Waals surface area contributed by atoms with Crippen LogP contribution >= 0.6 is 0 Å². The number of hydrogen-bond acceptors (Lipinski definition) is 4. The Morgan fingerprint density at radius 2 is 1.61 bits per heavy atom. The lowest BCUT2D eigenvalue weighted by Crippen LogP contribution is -2.42. The number of alkyl carbamates (subject to hydrolysis) is 1.